The normalized spacial score (nSPS) is 18.5. The van der Waals surface area contributed by atoms with Crippen LogP contribution in [0.2, 0.25) is 0 Å². The average molecular weight is 370 g/mol. The van der Waals surface area contributed by atoms with Gasteiger partial charge in [0.2, 0.25) is 11.8 Å². The van der Waals surface area contributed by atoms with Crippen LogP contribution in [0.1, 0.15) is 23.5 Å². The minimum absolute atomic E-state index is 0.0605. The molecule has 2 amide bonds. The van der Waals surface area contributed by atoms with Crippen LogP contribution in [0, 0.1) is 13.8 Å². The number of amides is 2. The Morgan fingerprint density at radius 2 is 2.12 bits per heavy atom. The summed E-state index contributed by atoms with van der Waals surface area (Å²) in [6.45, 7) is 3.75. The van der Waals surface area contributed by atoms with Crippen molar-refractivity contribution in [2.75, 3.05) is 5.32 Å². The first-order chi connectivity index (χ1) is 12.5. The molecule has 1 aliphatic rings. The number of carbonyl (C=O) groups excluding carboxylic acids is 2. The number of benzene rings is 1. The Hall–Kier alpha value is -2.87. The first-order valence-electron chi connectivity index (χ1n) is 8.02. The van der Waals surface area contributed by atoms with Gasteiger partial charge in [0.05, 0.1) is 6.21 Å². The number of amidine groups is 1. The quantitative estimate of drug-likeness (QED) is 0.625. The van der Waals surface area contributed by atoms with Crippen LogP contribution in [0.3, 0.4) is 0 Å². The smallest absolute Gasteiger partial charge is 0.240 e. The molecule has 0 bridgehead atoms. The number of carbonyl (C=O) groups is 2. The largest absolute Gasteiger partial charge is 0.460 e. The van der Waals surface area contributed by atoms with Gasteiger partial charge in [-0.2, -0.15) is 5.10 Å². The fourth-order valence-corrected chi connectivity index (χ4v) is 3.25. The number of anilines is 1. The minimum atomic E-state index is -0.529. The van der Waals surface area contributed by atoms with Gasteiger partial charge in [-0.25, -0.2) is 0 Å². The van der Waals surface area contributed by atoms with Crippen molar-refractivity contribution >= 4 is 40.6 Å². The molecule has 134 valence electrons. The Morgan fingerprint density at radius 1 is 1.31 bits per heavy atom. The van der Waals surface area contributed by atoms with Crippen molar-refractivity contribution in [3.05, 3.63) is 53.5 Å². The monoisotopic (exact) mass is 370 g/mol. The summed E-state index contributed by atoms with van der Waals surface area (Å²) in [6, 6.07) is 11.1. The lowest BCUT2D eigenvalue weighted by Gasteiger charge is -2.09. The van der Waals surface area contributed by atoms with Gasteiger partial charge in [-0.3, -0.25) is 9.59 Å². The third-order valence-corrected chi connectivity index (χ3v) is 4.73. The second kappa shape index (κ2) is 8.01. The van der Waals surface area contributed by atoms with Crippen LogP contribution in [0.5, 0.6) is 0 Å². The summed E-state index contributed by atoms with van der Waals surface area (Å²) in [5, 5.41) is 13.1. The van der Waals surface area contributed by atoms with Crippen LogP contribution in [0.15, 0.2) is 51.0 Å². The molecule has 1 saturated heterocycles. The standard InChI is InChI=1S/C18H18N4O3S/c1-11-5-3-4-6-14(11)20-16(23)9-15-17(24)21-18(26-15)22-19-10-13-8-7-12(2)25-13/h3-8,10,15H,9H2,1-2H3,(H,20,23)(H,21,22,24)/b19-10-/t15-/m0/s1. The van der Waals surface area contributed by atoms with Crippen LogP contribution in [-0.2, 0) is 9.59 Å². The van der Waals surface area contributed by atoms with Crippen molar-refractivity contribution < 1.29 is 14.0 Å². The lowest BCUT2D eigenvalue weighted by atomic mass is 10.2. The van der Waals surface area contributed by atoms with E-state index in [1.807, 2.05) is 44.2 Å². The van der Waals surface area contributed by atoms with E-state index in [1.165, 1.54) is 18.0 Å². The highest BCUT2D eigenvalue weighted by molar-refractivity contribution is 8.15. The molecule has 1 fully saturated rings. The zero-order valence-electron chi connectivity index (χ0n) is 14.4. The average Bonchev–Trinajstić information content (AvgIpc) is 3.16. The fourth-order valence-electron chi connectivity index (χ4n) is 2.33. The Labute approximate surface area is 155 Å². The maximum absolute atomic E-state index is 12.2. The van der Waals surface area contributed by atoms with E-state index < -0.39 is 5.25 Å². The minimum Gasteiger partial charge on any atom is -0.460 e. The van der Waals surface area contributed by atoms with Gasteiger partial charge in [0, 0.05) is 12.1 Å². The molecule has 7 nitrogen and oxygen atoms in total. The van der Waals surface area contributed by atoms with E-state index in [0.29, 0.717) is 10.9 Å². The summed E-state index contributed by atoms with van der Waals surface area (Å²) in [7, 11) is 0. The number of rotatable bonds is 5. The highest BCUT2D eigenvalue weighted by atomic mass is 32.2. The van der Waals surface area contributed by atoms with Crippen LogP contribution in [-0.4, -0.2) is 28.4 Å². The first kappa shape index (κ1) is 17.9. The maximum Gasteiger partial charge on any atom is 0.240 e. The van der Waals surface area contributed by atoms with Gasteiger partial charge >= 0.3 is 0 Å². The van der Waals surface area contributed by atoms with Crippen molar-refractivity contribution in [1.82, 2.24) is 5.32 Å². The fraction of sp³-hybridized carbons (Fsp3) is 0.222. The van der Waals surface area contributed by atoms with E-state index in [1.54, 1.807) is 6.07 Å². The third kappa shape index (κ3) is 4.60. The van der Waals surface area contributed by atoms with Gasteiger partial charge in [-0.05, 0) is 37.6 Å². The lowest BCUT2D eigenvalue weighted by molar-refractivity contribution is -0.122. The maximum atomic E-state index is 12.2. The van der Waals surface area contributed by atoms with Gasteiger partial charge in [0.15, 0.2) is 5.17 Å². The van der Waals surface area contributed by atoms with Crippen molar-refractivity contribution in [2.24, 2.45) is 10.2 Å². The van der Waals surface area contributed by atoms with Gasteiger partial charge in [-0.15, -0.1) is 5.10 Å². The van der Waals surface area contributed by atoms with Gasteiger partial charge in [0.1, 0.15) is 16.8 Å². The summed E-state index contributed by atoms with van der Waals surface area (Å²) >= 11 is 1.19. The molecule has 0 unspecified atom stereocenters. The predicted molar refractivity (Wildman–Crippen MR) is 102 cm³/mol. The molecule has 1 aromatic carbocycles. The number of nitrogens with one attached hydrogen (secondary N) is 2. The van der Waals surface area contributed by atoms with E-state index in [2.05, 4.69) is 20.8 Å². The number of nitrogens with zero attached hydrogens (tertiary/aromatic N) is 2. The second-order valence-corrected chi connectivity index (χ2v) is 6.95. The molecule has 1 atom stereocenters. The van der Waals surface area contributed by atoms with Crippen LogP contribution in [0.4, 0.5) is 5.69 Å². The molecule has 0 radical (unpaired) electrons. The third-order valence-electron chi connectivity index (χ3n) is 3.66. The summed E-state index contributed by atoms with van der Waals surface area (Å²) in [4.78, 5) is 24.2. The number of thioether (sulfide) groups is 1. The molecular weight excluding hydrogens is 352 g/mol. The van der Waals surface area contributed by atoms with Gasteiger partial charge in [-0.1, -0.05) is 30.0 Å². The van der Waals surface area contributed by atoms with Crippen molar-refractivity contribution in [1.29, 1.82) is 0 Å². The number of para-hydroxylation sites is 1. The summed E-state index contributed by atoms with van der Waals surface area (Å²) in [5.74, 6) is 0.887. The van der Waals surface area contributed by atoms with Crippen LogP contribution in [0.25, 0.3) is 0 Å². The molecule has 8 heteroatoms. The Balaban J connectivity index is 1.56. The molecule has 26 heavy (non-hydrogen) atoms. The molecule has 2 heterocycles. The molecule has 0 aliphatic carbocycles. The topological polar surface area (TPSA) is 96.1 Å². The molecule has 0 saturated carbocycles. The highest BCUT2D eigenvalue weighted by Gasteiger charge is 2.32. The zero-order chi connectivity index (χ0) is 18.5. The van der Waals surface area contributed by atoms with Crippen molar-refractivity contribution in [3.63, 3.8) is 0 Å². The number of furan rings is 1. The van der Waals surface area contributed by atoms with Crippen molar-refractivity contribution in [3.8, 4) is 0 Å². The molecule has 0 spiro atoms. The number of hydrogen-bond donors (Lipinski definition) is 2. The molecule has 2 N–H and O–H groups in total. The van der Waals surface area contributed by atoms with Gasteiger partial charge < -0.3 is 15.1 Å². The predicted octanol–water partition coefficient (Wildman–Crippen LogP) is 2.85. The SMILES string of the molecule is Cc1ccc(/C=N\N=C2/NC(=O)[C@H](CC(=O)Nc3ccccc3C)S2)o1. The van der Waals surface area contributed by atoms with E-state index in [0.717, 1.165) is 17.0 Å². The zero-order valence-corrected chi connectivity index (χ0v) is 15.2. The Kier molecular flexibility index (Phi) is 5.52. The van der Waals surface area contributed by atoms with Crippen LogP contribution >= 0.6 is 11.8 Å². The molecule has 3 rings (SSSR count). The molecule has 1 aliphatic heterocycles. The van der Waals surface area contributed by atoms with E-state index >= 15 is 0 Å². The van der Waals surface area contributed by atoms with E-state index in [9.17, 15) is 9.59 Å². The van der Waals surface area contributed by atoms with Gasteiger partial charge in [0.25, 0.3) is 0 Å². The molecule has 2 aromatic rings. The van der Waals surface area contributed by atoms with E-state index in [-0.39, 0.29) is 18.2 Å². The second-order valence-electron chi connectivity index (χ2n) is 5.76. The Morgan fingerprint density at radius 3 is 2.85 bits per heavy atom. The molecular formula is C18H18N4O3S. The summed E-state index contributed by atoms with van der Waals surface area (Å²) in [6.07, 6.45) is 1.52. The number of aryl methyl sites for hydroxylation is 2. The van der Waals surface area contributed by atoms with Crippen LogP contribution < -0.4 is 10.6 Å². The van der Waals surface area contributed by atoms with E-state index in [4.69, 9.17) is 4.42 Å². The summed E-state index contributed by atoms with van der Waals surface area (Å²) < 4.78 is 5.34. The summed E-state index contributed by atoms with van der Waals surface area (Å²) in [5.41, 5.74) is 1.71. The van der Waals surface area contributed by atoms with Crippen molar-refractivity contribution in [2.45, 2.75) is 25.5 Å². The number of hydrogen-bond acceptors (Lipinski definition) is 6. The molecule has 1 aromatic heterocycles. The lowest BCUT2D eigenvalue weighted by Crippen LogP contribution is -2.28. The highest BCUT2D eigenvalue weighted by Crippen LogP contribution is 2.23. The Bertz CT molecular complexity index is 888. The first-order valence-corrected chi connectivity index (χ1v) is 8.89.